The summed E-state index contributed by atoms with van der Waals surface area (Å²) in [5.74, 6) is -0.0169. The van der Waals surface area contributed by atoms with Gasteiger partial charge in [0.25, 0.3) is 0 Å². The van der Waals surface area contributed by atoms with Crippen LogP contribution in [0.5, 0.6) is 0 Å². The van der Waals surface area contributed by atoms with Gasteiger partial charge in [-0.25, -0.2) is 4.98 Å². The molecule has 0 radical (unpaired) electrons. The van der Waals surface area contributed by atoms with Crippen molar-refractivity contribution >= 4 is 45.4 Å². The quantitative estimate of drug-likeness (QED) is 0.526. The predicted octanol–water partition coefficient (Wildman–Crippen LogP) is 6.50. The van der Waals surface area contributed by atoms with Crippen LogP contribution in [0.1, 0.15) is 26.3 Å². The number of aromatic nitrogens is 1. The SMILES string of the molecule is Cc1ccc(Cl)cc1Nc1nc(-c2cccc(NC(=O)C(C)(C)C)c2)cs1. The molecule has 0 atom stereocenters. The minimum absolute atomic E-state index is 0.0169. The molecule has 0 aliphatic carbocycles. The number of hydrogen-bond donors (Lipinski definition) is 2. The molecule has 3 aromatic rings. The second kappa shape index (κ2) is 7.71. The maximum absolute atomic E-state index is 12.2. The van der Waals surface area contributed by atoms with E-state index in [0.717, 1.165) is 33.3 Å². The Morgan fingerprint density at radius 3 is 2.67 bits per heavy atom. The smallest absolute Gasteiger partial charge is 0.229 e. The zero-order valence-corrected chi connectivity index (χ0v) is 17.3. The van der Waals surface area contributed by atoms with E-state index in [0.29, 0.717) is 5.02 Å². The van der Waals surface area contributed by atoms with E-state index in [1.807, 2.05) is 75.5 Å². The molecule has 0 fully saturated rings. The topological polar surface area (TPSA) is 54.0 Å². The minimum atomic E-state index is -0.442. The fourth-order valence-electron chi connectivity index (χ4n) is 2.38. The van der Waals surface area contributed by atoms with Crippen molar-refractivity contribution in [3.8, 4) is 11.3 Å². The van der Waals surface area contributed by atoms with Crippen LogP contribution in [0.25, 0.3) is 11.3 Å². The average Bonchev–Trinajstić information content (AvgIpc) is 3.06. The summed E-state index contributed by atoms with van der Waals surface area (Å²) in [5.41, 5.74) is 4.17. The maximum Gasteiger partial charge on any atom is 0.229 e. The van der Waals surface area contributed by atoms with Gasteiger partial charge >= 0.3 is 0 Å². The summed E-state index contributed by atoms with van der Waals surface area (Å²) in [6, 6.07) is 13.5. The molecule has 6 heteroatoms. The molecule has 2 aromatic carbocycles. The second-order valence-corrected chi connectivity index (χ2v) is 8.70. The molecular weight excluding hydrogens is 378 g/mol. The highest BCUT2D eigenvalue weighted by atomic mass is 35.5. The van der Waals surface area contributed by atoms with Crippen LogP contribution in [0.4, 0.5) is 16.5 Å². The van der Waals surface area contributed by atoms with Crippen molar-refractivity contribution in [1.82, 2.24) is 4.98 Å². The number of carbonyl (C=O) groups excluding carboxylic acids is 1. The highest BCUT2D eigenvalue weighted by Crippen LogP contribution is 2.30. The fraction of sp³-hybridized carbons (Fsp3) is 0.238. The molecule has 0 aliphatic heterocycles. The number of nitrogens with zero attached hydrogens (tertiary/aromatic N) is 1. The lowest BCUT2D eigenvalue weighted by Crippen LogP contribution is -2.27. The van der Waals surface area contributed by atoms with Gasteiger partial charge in [-0.05, 0) is 36.8 Å². The lowest BCUT2D eigenvalue weighted by atomic mass is 9.95. The van der Waals surface area contributed by atoms with Gasteiger partial charge in [0.05, 0.1) is 5.69 Å². The molecule has 1 aromatic heterocycles. The summed E-state index contributed by atoms with van der Waals surface area (Å²) in [6.45, 7) is 7.70. The number of amides is 1. The van der Waals surface area contributed by atoms with E-state index in [1.54, 1.807) is 0 Å². The number of rotatable bonds is 4. The van der Waals surface area contributed by atoms with Crippen molar-refractivity contribution in [2.45, 2.75) is 27.7 Å². The zero-order chi connectivity index (χ0) is 19.6. The Kier molecular flexibility index (Phi) is 5.53. The van der Waals surface area contributed by atoms with Gasteiger partial charge < -0.3 is 10.6 Å². The van der Waals surface area contributed by atoms with Crippen LogP contribution < -0.4 is 10.6 Å². The zero-order valence-electron chi connectivity index (χ0n) is 15.8. The standard InChI is InChI=1S/C21H22ClN3OS/c1-13-8-9-15(22)11-17(13)24-20-25-18(12-27-20)14-6-5-7-16(10-14)23-19(26)21(2,3)4/h5-12H,1-4H3,(H,23,26)(H,24,25). The average molecular weight is 400 g/mol. The fourth-order valence-corrected chi connectivity index (χ4v) is 3.29. The summed E-state index contributed by atoms with van der Waals surface area (Å²) in [4.78, 5) is 16.9. The van der Waals surface area contributed by atoms with Gasteiger partial charge in [0.1, 0.15) is 0 Å². The van der Waals surface area contributed by atoms with Gasteiger partial charge in [-0.15, -0.1) is 11.3 Å². The number of nitrogens with one attached hydrogen (secondary N) is 2. The van der Waals surface area contributed by atoms with Gasteiger partial charge in [0.2, 0.25) is 5.91 Å². The Bertz CT molecular complexity index is 976. The molecule has 1 amide bonds. The molecule has 27 heavy (non-hydrogen) atoms. The van der Waals surface area contributed by atoms with Crippen LogP contribution in [0.15, 0.2) is 47.8 Å². The number of anilines is 3. The number of benzene rings is 2. The molecule has 0 bridgehead atoms. The first kappa shape index (κ1) is 19.4. The van der Waals surface area contributed by atoms with Crippen molar-refractivity contribution in [3.05, 3.63) is 58.4 Å². The number of hydrogen-bond acceptors (Lipinski definition) is 4. The third kappa shape index (κ3) is 4.87. The van der Waals surface area contributed by atoms with Crippen molar-refractivity contribution in [3.63, 3.8) is 0 Å². The van der Waals surface area contributed by atoms with Crippen LogP contribution in [0.3, 0.4) is 0 Å². The minimum Gasteiger partial charge on any atom is -0.331 e. The van der Waals surface area contributed by atoms with Crippen LogP contribution in [-0.2, 0) is 4.79 Å². The van der Waals surface area contributed by atoms with Crippen molar-refractivity contribution in [2.24, 2.45) is 5.41 Å². The first-order valence-corrected chi connectivity index (χ1v) is 9.89. The molecule has 0 saturated heterocycles. The summed E-state index contributed by atoms with van der Waals surface area (Å²) < 4.78 is 0. The van der Waals surface area contributed by atoms with Crippen molar-refractivity contribution in [1.29, 1.82) is 0 Å². The summed E-state index contributed by atoms with van der Waals surface area (Å²) >= 11 is 7.61. The third-order valence-corrected chi connectivity index (χ3v) is 5.04. The molecular formula is C21H22ClN3OS. The van der Waals surface area contributed by atoms with Crippen molar-refractivity contribution < 1.29 is 4.79 Å². The van der Waals surface area contributed by atoms with Crippen LogP contribution in [0, 0.1) is 12.3 Å². The molecule has 2 N–H and O–H groups in total. The van der Waals surface area contributed by atoms with E-state index >= 15 is 0 Å². The maximum atomic E-state index is 12.2. The van der Waals surface area contributed by atoms with Crippen LogP contribution >= 0.6 is 22.9 Å². The summed E-state index contributed by atoms with van der Waals surface area (Å²) in [7, 11) is 0. The van der Waals surface area contributed by atoms with E-state index in [4.69, 9.17) is 11.6 Å². The number of thiazole rings is 1. The molecule has 0 spiro atoms. The highest BCUT2D eigenvalue weighted by Gasteiger charge is 2.21. The molecule has 1 heterocycles. The first-order valence-electron chi connectivity index (χ1n) is 8.63. The molecule has 140 valence electrons. The Balaban J connectivity index is 1.79. The van der Waals surface area contributed by atoms with Crippen LogP contribution in [0.2, 0.25) is 5.02 Å². The van der Waals surface area contributed by atoms with Gasteiger partial charge in [0.15, 0.2) is 5.13 Å². The van der Waals surface area contributed by atoms with Gasteiger partial charge in [0, 0.05) is 32.8 Å². The monoisotopic (exact) mass is 399 g/mol. The Labute approximate surface area is 168 Å². The highest BCUT2D eigenvalue weighted by molar-refractivity contribution is 7.14. The Morgan fingerprint density at radius 1 is 1.15 bits per heavy atom. The lowest BCUT2D eigenvalue weighted by molar-refractivity contribution is -0.123. The lowest BCUT2D eigenvalue weighted by Gasteiger charge is -2.17. The summed E-state index contributed by atoms with van der Waals surface area (Å²) in [6.07, 6.45) is 0. The molecule has 0 aliphatic rings. The molecule has 0 unspecified atom stereocenters. The van der Waals surface area contributed by atoms with E-state index in [2.05, 4.69) is 15.6 Å². The summed E-state index contributed by atoms with van der Waals surface area (Å²) in [5, 5.41) is 9.75. The van der Waals surface area contributed by atoms with Gasteiger partial charge in [-0.2, -0.15) is 0 Å². The molecule has 0 saturated carbocycles. The third-order valence-electron chi connectivity index (χ3n) is 4.04. The number of halogens is 1. The van der Waals surface area contributed by atoms with E-state index in [1.165, 1.54) is 11.3 Å². The predicted molar refractivity (Wildman–Crippen MR) is 115 cm³/mol. The molecule has 4 nitrogen and oxygen atoms in total. The van der Waals surface area contributed by atoms with Gasteiger partial charge in [-0.1, -0.05) is 50.6 Å². The Hall–Kier alpha value is -2.37. The first-order chi connectivity index (χ1) is 12.7. The van der Waals surface area contributed by atoms with E-state index in [-0.39, 0.29) is 5.91 Å². The van der Waals surface area contributed by atoms with E-state index in [9.17, 15) is 4.79 Å². The number of carbonyl (C=O) groups is 1. The van der Waals surface area contributed by atoms with Crippen LogP contribution in [-0.4, -0.2) is 10.9 Å². The number of aryl methyl sites for hydroxylation is 1. The van der Waals surface area contributed by atoms with Crippen molar-refractivity contribution in [2.75, 3.05) is 10.6 Å². The molecule has 3 rings (SSSR count). The van der Waals surface area contributed by atoms with Gasteiger partial charge in [-0.3, -0.25) is 4.79 Å². The van der Waals surface area contributed by atoms with E-state index < -0.39 is 5.41 Å². The second-order valence-electron chi connectivity index (χ2n) is 7.41. The largest absolute Gasteiger partial charge is 0.331 e. The normalized spacial score (nSPS) is 11.3. The Morgan fingerprint density at radius 2 is 1.93 bits per heavy atom.